The van der Waals surface area contributed by atoms with E-state index in [0.29, 0.717) is 0 Å². The second kappa shape index (κ2) is 12.1. The highest BCUT2D eigenvalue weighted by Gasteiger charge is 2.23. The van der Waals surface area contributed by atoms with Crippen LogP contribution in [0.2, 0.25) is 0 Å². The van der Waals surface area contributed by atoms with Crippen LogP contribution in [-0.4, -0.2) is 26.0 Å². The predicted octanol–water partition coefficient (Wildman–Crippen LogP) is 4.90. The maximum atomic E-state index is 12.8. The van der Waals surface area contributed by atoms with Crippen LogP contribution >= 0.6 is 0 Å². The van der Waals surface area contributed by atoms with Gasteiger partial charge in [0.15, 0.2) is 0 Å². The fourth-order valence-corrected chi connectivity index (χ4v) is 4.17. The average molecular weight is 463 g/mol. The SMILES string of the molecule is COc1cccc([C@@H]2NC(=O)CC=C[C@H](C)[C@H](c3cccc(OC)c3)NC(=O)CC=C[C@H]2C)c1. The Kier molecular flexibility index (Phi) is 8.91. The van der Waals surface area contributed by atoms with Crippen LogP contribution < -0.4 is 20.1 Å². The second-order valence-corrected chi connectivity index (χ2v) is 8.63. The number of amides is 2. The summed E-state index contributed by atoms with van der Waals surface area (Å²) in [6, 6.07) is 14.9. The predicted molar refractivity (Wildman–Crippen MR) is 134 cm³/mol. The van der Waals surface area contributed by atoms with E-state index < -0.39 is 0 Å². The van der Waals surface area contributed by atoms with Crippen LogP contribution in [0.3, 0.4) is 0 Å². The van der Waals surface area contributed by atoms with Gasteiger partial charge in [0.2, 0.25) is 11.8 Å². The van der Waals surface area contributed by atoms with Gasteiger partial charge in [-0.15, -0.1) is 0 Å². The van der Waals surface area contributed by atoms with Crippen molar-refractivity contribution in [3.63, 3.8) is 0 Å². The van der Waals surface area contributed by atoms with Gasteiger partial charge in [-0.2, -0.15) is 0 Å². The van der Waals surface area contributed by atoms with Gasteiger partial charge >= 0.3 is 0 Å². The van der Waals surface area contributed by atoms with Crippen molar-refractivity contribution in [3.05, 3.63) is 84.0 Å². The van der Waals surface area contributed by atoms with Gasteiger partial charge in [0.25, 0.3) is 0 Å². The lowest BCUT2D eigenvalue weighted by Gasteiger charge is -2.25. The average Bonchev–Trinajstić information content (AvgIpc) is 2.85. The molecular formula is C28H34N2O4. The molecular weight excluding hydrogens is 428 g/mol. The van der Waals surface area contributed by atoms with Gasteiger partial charge in [0, 0.05) is 12.8 Å². The third kappa shape index (κ3) is 6.73. The summed E-state index contributed by atoms with van der Waals surface area (Å²) in [5.74, 6) is 1.30. The summed E-state index contributed by atoms with van der Waals surface area (Å²) in [6.45, 7) is 4.06. The summed E-state index contributed by atoms with van der Waals surface area (Å²) in [6.07, 6.45) is 8.20. The van der Waals surface area contributed by atoms with E-state index in [4.69, 9.17) is 9.47 Å². The molecule has 2 aromatic rings. The molecule has 0 aromatic heterocycles. The van der Waals surface area contributed by atoms with Crippen molar-refractivity contribution in [3.8, 4) is 11.5 Å². The lowest BCUT2D eigenvalue weighted by molar-refractivity contribution is -0.122. The maximum Gasteiger partial charge on any atom is 0.224 e. The van der Waals surface area contributed by atoms with Crippen molar-refractivity contribution in [2.75, 3.05) is 14.2 Å². The molecule has 1 aliphatic heterocycles. The van der Waals surface area contributed by atoms with E-state index in [9.17, 15) is 9.59 Å². The molecule has 1 aliphatic rings. The molecule has 2 aromatic carbocycles. The molecule has 0 aliphatic carbocycles. The Morgan fingerprint density at radius 2 is 1.12 bits per heavy atom. The number of benzene rings is 2. The van der Waals surface area contributed by atoms with Gasteiger partial charge < -0.3 is 20.1 Å². The lowest BCUT2D eigenvalue weighted by Crippen LogP contribution is -2.33. The van der Waals surface area contributed by atoms with Crippen LogP contribution in [0.1, 0.15) is 49.9 Å². The van der Waals surface area contributed by atoms with E-state index in [1.807, 2.05) is 86.7 Å². The summed E-state index contributed by atoms with van der Waals surface area (Å²) in [7, 11) is 3.25. The number of hydrogen-bond acceptors (Lipinski definition) is 4. The van der Waals surface area contributed by atoms with E-state index in [0.717, 1.165) is 22.6 Å². The first-order valence-corrected chi connectivity index (χ1v) is 11.6. The number of ether oxygens (including phenoxy) is 2. The first-order chi connectivity index (χ1) is 16.4. The highest BCUT2D eigenvalue weighted by molar-refractivity contribution is 5.79. The summed E-state index contributed by atoms with van der Waals surface area (Å²) < 4.78 is 10.7. The molecule has 0 bridgehead atoms. The van der Waals surface area contributed by atoms with Gasteiger partial charge in [-0.25, -0.2) is 0 Å². The van der Waals surface area contributed by atoms with Crippen LogP contribution in [0, 0.1) is 11.8 Å². The van der Waals surface area contributed by atoms with Gasteiger partial charge in [-0.1, -0.05) is 62.4 Å². The molecule has 2 N–H and O–H groups in total. The third-order valence-electron chi connectivity index (χ3n) is 6.08. The van der Waals surface area contributed by atoms with Crippen LogP contribution in [0.25, 0.3) is 0 Å². The normalized spacial score (nSPS) is 24.0. The van der Waals surface area contributed by atoms with Crippen molar-refractivity contribution in [2.45, 2.75) is 38.8 Å². The summed E-state index contributed by atoms with van der Waals surface area (Å²) in [4.78, 5) is 25.7. The molecule has 6 heteroatoms. The van der Waals surface area contributed by atoms with Gasteiger partial charge in [0.05, 0.1) is 26.3 Å². The Morgan fingerprint density at radius 3 is 1.50 bits per heavy atom. The highest BCUT2D eigenvalue weighted by atomic mass is 16.5. The van der Waals surface area contributed by atoms with Crippen molar-refractivity contribution in [2.24, 2.45) is 11.8 Å². The fourth-order valence-electron chi connectivity index (χ4n) is 4.17. The Balaban J connectivity index is 1.86. The summed E-state index contributed by atoms with van der Waals surface area (Å²) in [5.41, 5.74) is 1.91. The van der Waals surface area contributed by atoms with Crippen molar-refractivity contribution in [1.29, 1.82) is 0 Å². The van der Waals surface area contributed by atoms with E-state index in [2.05, 4.69) is 10.6 Å². The Hall–Kier alpha value is -3.54. The molecule has 0 saturated carbocycles. The maximum absolute atomic E-state index is 12.8. The summed E-state index contributed by atoms with van der Waals surface area (Å²) >= 11 is 0. The minimum absolute atomic E-state index is 0.0242. The lowest BCUT2D eigenvalue weighted by atomic mass is 9.92. The van der Waals surface area contributed by atoms with Gasteiger partial charge in [-0.05, 0) is 47.2 Å². The zero-order chi connectivity index (χ0) is 24.5. The first kappa shape index (κ1) is 25.1. The number of methoxy groups -OCH3 is 2. The van der Waals surface area contributed by atoms with Gasteiger partial charge in [0.1, 0.15) is 11.5 Å². The van der Waals surface area contributed by atoms with E-state index in [1.54, 1.807) is 14.2 Å². The van der Waals surface area contributed by atoms with E-state index >= 15 is 0 Å². The molecule has 0 spiro atoms. The van der Waals surface area contributed by atoms with Crippen molar-refractivity contribution < 1.29 is 19.1 Å². The third-order valence-corrected chi connectivity index (χ3v) is 6.08. The minimum atomic E-state index is -0.236. The smallest absolute Gasteiger partial charge is 0.224 e. The Labute approximate surface area is 202 Å². The van der Waals surface area contributed by atoms with Crippen LogP contribution in [0.4, 0.5) is 0 Å². The van der Waals surface area contributed by atoms with Crippen LogP contribution in [-0.2, 0) is 9.59 Å². The molecule has 4 atom stereocenters. The van der Waals surface area contributed by atoms with Crippen molar-refractivity contribution in [1.82, 2.24) is 10.6 Å². The number of rotatable bonds is 4. The zero-order valence-electron chi connectivity index (χ0n) is 20.3. The standard InChI is InChI=1S/C28H34N2O4/c1-19-9-5-15-26(32)30-28(22-12-8-14-24(18-22)34-4)20(2)10-6-16-25(31)29-27(19)21-11-7-13-23(17-21)33-3/h5-14,17-20,27-28H,15-16H2,1-4H3,(H,29,31)(H,30,32)/t19-,20+,27-,28-/m1/s1. The molecule has 0 saturated heterocycles. The van der Waals surface area contributed by atoms with E-state index in [1.165, 1.54) is 0 Å². The molecule has 1 heterocycles. The monoisotopic (exact) mass is 462 g/mol. The largest absolute Gasteiger partial charge is 0.497 e. The van der Waals surface area contributed by atoms with Crippen LogP contribution in [0.15, 0.2) is 72.8 Å². The molecule has 34 heavy (non-hydrogen) atoms. The zero-order valence-corrected chi connectivity index (χ0v) is 20.3. The molecule has 0 radical (unpaired) electrons. The van der Waals surface area contributed by atoms with Crippen molar-refractivity contribution >= 4 is 11.8 Å². The number of hydrogen-bond donors (Lipinski definition) is 2. The van der Waals surface area contributed by atoms with E-state index in [-0.39, 0.29) is 48.6 Å². The molecule has 180 valence electrons. The number of carbonyl (C=O) groups excluding carboxylic acids is 2. The second-order valence-electron chi connectivity index (χ2n) is 8.63. The fraction of sp³-hybridized carbons (Fsp3) is 0.357. The summed E-state index contributed by atoms with van der Waals surface area (Å²) in [5, 5.41) is 6.32. The molecule has 6 nitrogen and oxygen atoms in total. The Bertz CT molecular complexity index is 963. The molecule has 0 fully saturated rings. The molecule has 0 unspecified atom stereocenters. The number of carbonyl (C=O) groups is 2. The molecule has 3 rings (SSSR count). The van der Waals surface area contributed by atoms with Gasteiger partial charge in [-0.3, -0.25) is 9.59 Å². The highest BCUT2D eigenvalue weighted by Crippen LogP contribution is 2.28. The number of nitrogens with one attached hydrogen (secondary N) is 2. The quantitative estimate of drug-likeness (QED) is 0.634. The molecule has 2 amide bonds. The Morgan fingerprint density at radius 1 is 0.706 bits per heavy atom. The topological polar surface area (TPSA) is 76.7 Å². The first-order valence-electron chi connectivity index (χ1n) is 11.6. The van der Waals surface area contributed by atoms with Crippen LogP contribution in [0.5, 0.6) is 11.5 Å². The minimum Gasteiger partial charge on any atom is -0.497 e.